The summed E-state index contributed by atoms with van der Waals surface area (Å²) in [5.74, 6) is -0.741. The highest BCUT2D eigenvalue weighted by Gasteiger charge is 2.29. The second-order valence-corrected chi connectivity index (χ2v) is 10.2. The lowest BCUT2D eigenvalue weighted by Gasteiger charge is -2.39. The number of benzene rings is 3. The molecule has 0 aliphatic carbocycles. The smallest absolute Gasteiger partial charge is 0.316 e. The molecule has 0 spiro atoms. The minimum absolute atomic E-state index is 0.0162. The number of hydrogen-bond acceptors (Lipinski definition) is 7. The Morgan fingerprint density at radius 2 is 1.66 bits per heavy atom. The summed E-state index contributed by atoms with van der Waals surface area (Å²) in [5.41, 5.74) is 2.33. The fraction of sp³-hybridized carbons (Fsp3) is 0.286. The lowest BCUT2D eigenvalue weighted by atomic mass is 9.96. The van der Waals surface area contributed by atoms with Gasteiger partial charge >= 0.3 is 5.97 Å². The molecule has 38 heavy (non-hydrogen) atoms. The molecule has 0 N–H and O–H groups in total. The second kappa shape index (κ2) is 12.9. The number of amides is 1. The molecule has 0 bridgehead atoms. The molecule has 1 atom stereocenters. The zero-order chi connectivity index (χ0) is 27.1. The van der Waals surface area contributed by atoms with Crippen LogP contribution < -0.4 is 0 Å². The van der Waals surface area contributed by atoms with Crippen molar-refractivity contribution >= 4 is 40.9 Å². The fourth-order valence-corrected chi connectivity index (χ4v) is 5.44. The standard InChI is InChI=1S/C28H28ClN3O5S/c1-2-37-26(33)19-38-25-13-10-22(18-24(25)32(35)36)28(34)31-16-14-30(15-17-31)27(20-6-4-3-5-7-20)21-8-11-23(29)12-9-21/h3-13,18,27H,2,14-17,19H2,1H3/t27-/m0/s1. The zero-order valence-electron chi connectivity index (χ0n) is 20.9. The van der Waals surface area contributed by atoms with Crippen molar-refractivity contribution in [2.45, 2.75) is 17.9 Å². The summed E-state index contributed by atoms with van der Waals surface area (Å²) in [6.07, 6.45) is 0. The molecule has 0 saturated carbocycles. The Morgan fingerprint density at radius 3 is 2.29 bits per heavy atom. The van der Waals surface area contributed by atoms with E-state index in [1.165, 1.54) is 12.1 Å². The molecule has 4 rings (SSSR count). The first kappa shape index (κ1) is 27.6. The molecular formula is C28H28ClN3O5S. The van der Waals surface area contributed by atoms with Crippen LogP contribution in [0, 0.1) is 10.1 Å². The maximum Gasteiger partial charge on any atom is 0.316 e. The second-order valence-electron chi connectivity index (χ2n) is 8.73. The van der Waals surface area contributed by atoms with Crippen molar-refractivity contribution in [2.24, 2.45) is 0 Å². The van der Waals surface area contributed by atoms with E-state index in [0.29, 0.717) is 36.1 Å². The average Bonchev–Trinajstić information content (AvgIpc) is 2.94. The number of nitro benzene ring substituents is 1. The zero-order valence-corrected chi connectivity index (χ0v) is 22.5. The summed E-state index contributed by atoms with van der Waals surface area (Å²) in [4.78, 5) is 40.5. The van der Waals surface area contributed by atoms with Crippen LogP contribution in [-0.2, 0) is 9.53 Å². The summed E-state index contributed by atoms with van der Waals surface area (Å²) < 4.78 is 4.89. The van der Waals surface area contributed by atoms with E-state index < -0.39 is 10.9 Å². The molecule has 3 aromatic rings. The van der Waals surface area contributed by atoms with E-state index in [1.807, 2.05) is 42.5 Å². The first-order valence-electron chi connectivity index (χ1n) is 12.3. The molecule has 1 amide bonds. The van der Waals surface area contributed by atoms with Crippen LogP contribution in [0.2, 0.25) is 5.02 Å². The maximum absolute atomic E-state index is 13.3. The predicted octanol–water partition coefficient (Wildman–Crippen LogP) is 5.45. The molecule has 1 aliphatic rings. The van der Waals surface area contributed by atoms with Gasteiger partial charge in [0.15, 0.2) is 0 Å². The molecule has 3 aromatic carbocycles. The average molecular weight is 554 g/mol. The number of carbonyl (C=O) groups is 2. The normalized spacial score (nSPS) is 14.6. The van der Waals surface area contributed by atoms with Gasteiger partial charge in [-0.2, -0.15) is 0 Å². The van der Waals surface area contributed by atoms with Crippen molar-refractivity contribution in [1.29, 1.82) is 0 Å². The van der Waals surface area contributed by atoms with Crippen molar-refractivity contribution in [3.63, 3.8) is 0 Å². The Bertz CT molecular complexity index is 1280. The molecular weight excluding hydrogens is 526 g/mol. The van der Waals surface area contributed by atoms with Gasteiger partial charge in [0.05, 0.1) is 28.2 Å². The molecule has 0 radical (unpaired) electrons. The number of halogens is 1. The van der Waals surface area contributed by atoms with Crippen molar-refractivity contribution in [2.75, 3.05) is 38.5 Å². The van der Waals surface area contributed by atoms with Gasteiger partial charge in [-0.05, 0) is 42.3 Å². The Balaban J connectivity index is 1.47. The van der Waals surface area contributed by atoms with Crippen LogP contribution in [0.5, 0.6) is 0 Å². The topological polar surface area (TPSA) is 93.0 Å². The van der Waals surface area contributed by atoms with Crippen molar-refractivity contribution in [3.05, 3.63) is 105 Å². The molecule has 0 aromatic heterocycles. The van der Waals surface area contributed by atoms with Crippen LogP contribution in [0.4, 0.5) is 5.69 Å². The van der Waals surface area contributed by atoms with E-state index in [2.05, 4.69) is 17.0 Å². The van der Waals surface area contributed by atoms with Gasteiger partial charge in [-0.3, -0.25) is 24.6 Å². The number of rotatable bonds is 9. The molecule has 1 fully saturated rings. The number of ether oxygens (including phenoxy) is 1. The van der Waals surface area contributed by atoms with Crippen molar-refractivity contribution < 1.29 is 19.2 Å². The number of thioether (sulfide) groups is 1. The number of carbonyl (C=O) groups excluding carboxylic acids is 2. The van der Waals surface area contributed by atoms with Crippen LogP contribution in [0.15, 0.2) is 77.7 Å². The first-order valence-corrected chi connectivity index (χ1v) is 13.6. The largest absolute Gasteiger partial charge is 0.465 e. The summed E-state index contributed by atoms with van der Waals surface area (Å²) in [5, 5.41) is 12.4. The molecule has 0 unspecified atom stereocenters. The molecule has 1 saturated heterocycles. The predicted molar refractivity (Wildman–Crippen MR) is 148 cm³/mol. The number of nitrogens with zero attached hydrogens (tertiary/aromatic N) is 3. The quantitative estimate of drug-likeness (QED) is 0.150. The van der Waals surface area contributed by atoms with Crippen molar-refractivity contribution in [1.82, 2.24) is 9.80 Å². The van der Waals surface area contributed by atoms with Crippen molar-refractivity contribution in [3.8, 4) is 0 Å². The maximum atomic E-state index is 13.3. The van der Waals surface area contributed by atoms with Gasteiger partial charge in [0.1, 0.15) is 0 Å². The van der Waals surface area contributed by atoms with Gasteiger partial charge < -0.3 is 9.64 Å². The SMILES string of the molecule is CCOC(=O)CSc1ccc(C(=O)N2CCN([C@@H](c3ccccc3)c3ccc(Cl)cc3)CC2)cc1[N+](=O)[O-]. The Morgan fingerprint density at radius 1 is 1.00 bits per heavy atom. The molecule has 1 heterocycles. The molecule has 1 aliphatic heterocycles. The van der Waals surface area contributed by atoms with Crippen LogP contribution in [-0.4, -0.2) is 65.1 Å². The highest BCUT2D eigenvalue weighted by atomic mass is 35.5. The van der Waals surface area contributed by atoms with E-state index in [0.717, 1.165) is 22.9 Å². The summed E-state index contributed by atoms with van der Waals surface area (Å²) >= 11 is 7.15. The molecule has 198 valence electrons. The van der Waals surface area contributed by atoms with E-state index in [-0.39, 0.29) is 35.6 Å². The Labute approximate surface area is 230 Å². The number of hydrogen-bond donors (Lipinski definition) is 0. The van der Waals surface area contributed by atoms with E-state index >= 15 is 0 Å². The van der Waals surface area contributed by atoms with E-state index in [4.69, 9.17) is 16.3 Å². The van der Waals surface area contributed by atoms with Gasteiger partial charge in [-0.15, -0.1) is 11.8 Å². The van der Waals surface area contributed by atoms with Gasteiger partial charge in [0.2, 0.25) is 0 Å². The van der Waals surface area contributed by atoms with Crippen LogP contribution in [0.3, 0.4) is 0 Å². The van der Waals surface area contributed by atoms with Gasteiger partial charge in [0.25, 0.3) is 11.6 Å². The third-order valence-corrected chi connectivity index (χ3v) is 7.61. The molecule has 8 nitrogen and oxygen atoms in total. The summed E-state index contributed by atoms with van der Waals surface area (Å²) in [6.45, 7) is 4.21. The van der Waals surface area contributed by atoms with Gasteiger partial charge in [-0.25, -0.2) is 0 Å². The number of piperazine rings is 1. The van der Waals surface area contributed by atoms with E-state index in [9.17, 15) is 19.7 Å². The van der Waals surface area contributed by atoms with Crippen LogP contribution in [0.25, 0.3) is 0 Å². The minimum atomic E-state index is -0.529. The highest BCUT2D eigenvalue weighted by molar-refractivity contribution is 8.00. The molecule has 10 heteroatoms. The Kier molecular flexibility index (Phi) is 9.38. The number of nitro groups is 1. The lowest BCUT2D eigenvalue weighted by Crippen LogP contribution is -2.49. The number of esters is 1. The van der Waals surface area contributed by atoms with E-state index in [1.54, 1.807) is 17.9 Å². The van der Waals surface area contributed by atoms with Gasteiger partial charge in [-0.1, -0.05) is 54.1 Å². The van der Waals surface area contributed by atoms with Crippen LogP contribution in [0.1, 0.15) is 34.5 Å². The lowest BCUT2D eigenvalue weighted by molar-refractivity contribution is -0.387. The fourth-order valence-electron chi connectivity index (χ4n) is 4.51. The summed E-state index contributed by atoms with van der Waals surface area (Å²) in [7, 11) is 0. The third-order valence-electron chi connectivity index (χ3n) is 6.32. The first-order chi connectivity index (χ1) is 18.4. The minimum Gasteiger partial charge on any atom is -0.465 e. The monoisotopic (exact) mass is 553 g/mol. The highest BCUT2D eigenvalue weighted by Crippen LogP contribution is 2.32. The van der Waals surface area contributed by atoms with Gasteiger partial charge in [0, 0.05) is 42.8 Å². The summed E-state index contributed by atoms with van der Waals surface area (Å²) in [6, 6.07) is 22.4. The third kappa shape index (κ3) is 6.72. The Hall–Kier alpha value is -3.40. The van der Waals surface area contributed by atoms with Crippen LogP contribution >= 0.6 is 23.4 Å².